The topological polar surface area (TPSA) is 79.0 Å². The maximum atomic E-state index is 12.4. The number of rotatable bonds is 6. The molecular formula is C16H25N3O4S. The van der Waals surface area contributed by atoms with Crippen LogP contribution in [0.25, 0.3) is 0 Å². The van der Waals surface area contributed by atoms with Crippen LogP contribution in [0.15, 0.2) is 23.1 Å². The van der Waals surface area contributed by atoms with E-state index in [0.717, 1.165) is 30.2 Å². The van der Waals surface area contributed by atoms with Crippen molar-refractivity contribution in [1.29, 1.82) is 0 Å². The van der Waals surface area contributed by atoms with E-state index in [4.69, 9.17) is 4.74 Å². The quantitative estimate of drug-likeness (QED) is 0.834. The van der Waals surface area contributed by atoms with Crippen molar-refractivity contribution in [3.05, 3.63) is 18.2 Å². The van der Waals surface area contributed by atoms with Gasteiger partial charge in [0.05, 0.1) is 7.11 Å². The summed E-state index contributed by atoms with van der Waals surface area (Å²) in [4.78, 5) is 14.3. The molecule has 134 valence electrons. The van der Waals surface area contributed by atoms with Crippen molar-refractivity contribution in [2.75, 3.05) is 39.6 Å². The maximum absolute atomic E-state index is 12.4. The highest BCUT2D eigenvalue weighted by Crippen LogP contribution is 2.29. The fourth-order valence-corrected chi connectivity index (χ4v) is 3.76. The zero-order valence-electron chi connectivity index (χ0n) is 14.6. The van der Waals surface area contributed by atoms with Crippen LogP contribution >= 0.6 is 0 Å². The van der Waals surface area contributed by atoms with Gasteiger partial charge in [0.25, 0.3) is 0 Å². The molecule has 1 amide bonds. The Balaban J connectivity index is 2.24. The molecule has 1 saturated heterocycles. The third-order valence-electron chi connectivity index (χ3n) is 4.09. The molecule has 24 heavy (non-hydrogen) atoms. The van der Waals surface area contributed by atoms with Gasteiger partial charge < -0.3 is 15.0 Å². The second-order valence-corrected chi connectivity index (χ2v) is 8.17. The number of carbonyl (C=O) groups is 1. The lowest BCUT2D eigenvalue weighted by Gasteiger charge is -2.22. The number of hydrogen-bond donors (Lipinski definition) is 1. The summed E-state index contributed by atoms with van der Waals surface area (Å²) in [6.45, 7) is 3.35. The Hall–Kier alpha value is -1.80. The molecular weight excluding hydrogens is 330 g/mol. The van der Waals surface area contributed by atoms with E-state index in [-0.39, 0.29) is 16.6 Å². The zero-order chi connectivity index (χ0) is 17.9. The number of nitrogens with zero attached hydrogens (tertiary/aromatic N) is 2. The summed E-state index contributed by atoms with van der Waals surface area (Å²) in [5.74, 6) is 0.299. The van der Waals surface area contributed by atoms with E-state index in [9.17, 15) is 13.2 Å². The Morgan fingerprint density at radius 1 is 1.29 bits per heavy atom. The molecule has 2 rings (SSSR count). The van der Waals surface area contributed by atoms with E-state index in [1.165, 1.54) is 27.3 Å². The summed E-state index contributed by atoms with van der Waals surface area (Å²) >= 11 is 0. The molecule has 0 radical (unpaired) electrons. The predicted octanol–water partition coefficient (Wildman–Crippen LogP) is 1.37. The minimum atomic E-state index is -3.64. The molecule has 1 atom stereocenters. The third-order valence-corrected chi connectivity index (χ3v) is 5.93. The first-order valence-corrected chi connectivity index (χ1v) is 9.37. The SMILES string of the molecule is COc1ccc(N[C@H](C)C(=O)N2CCCC2)cc1S(=O)(=O)N(C)C. The van der Waals surface area contributed by atoms with Gasteiger partial charge in [-0.2, -0.15) is 0 Å². The second-order valence-electron chi connectivity index (χ2n) is 6.05. The Labute approximate surface area is 143 Å². The van der Waals surface area contributed by atoms with Crippen molar-refractivity contribution >= 4 is 21.6 Å². The van der Waals surface area contributed by atoms with Crippen LogP contribution in [0.5, 0.6) is 5.75 Å². The molecule has 7 nitrogen and oxygen atoms in total. The highest BCUT2D eigenvalue weighted by Gasteiger charge is 2.25. The van der Waals surface area contributed by atoms with Crippen LogP contribution in [0, 0.1) is 0 Å². The lowest BCUT2D eigenvalue weighted by molar-refractivity contribution is -0.130. The van der Waals surface area contributed by atoms with Crippen LogP contribution in [0.1, 0.15) is 19.8 Å². The highest BCUT2D eigenvalue weighted by atomic mass is 32.2. The lowest BCUT2D eigenvalue weighted by atomic mass is 10.2. The number of amides is 1. The van der Waals surface area contributed by atoms with E-state index in [1.54, 1.807) is 19.1 Å². The Morgan fingerprint density at radius 2 is 1.92 bits per heavy atom. The van der Waals surface area contributed by atoms with Gasteiger partial charge in [0.1, 0.15) is 16.7 Å². The van der Waals surface area contributed by atoms with E-state index >= 15 is 0 Å². The normalized spacial score (nSPS) is 16.3. The Kier molecular flexibility index (Phi) is 5.71. The molecule has 1 aromatic carbocycles. The number of ether oxygens (including phenoxy) is 1. The lowest BCUT2D eigenvalue weighted by Crippen LogP contribution is -2.39. The molecule has 1 aromatic rings. The molecule has 0 saturated carbocycles. The molecule has 0 unspecified atom stereocenters. The van der Waals surface area contributed by atoms with Crippen LogP contribution in [-0.4, -0.2) is 63.9 Å². The average Bonchev–Trinajstić information content (AvgIpc) is 3.08. The van der Waals surface area contributed by atoms with Gasteiger partial charge in [0.15, 0.2) is 0 Å². The monoisotopic (exact) mass is 355 g/mol. The Morgan fingerprint density at radius 3 is 2.46 bits per heavy atom. The first kappa shape index (κ1) is 18.5. The predicted molar refractivity (Wildman–Crippen MR) is 92.8 cm³/mol. The summed E-state index contributed by atoms with van der Waals surface area (Å²) in [5, 5.41) is 3.09. The van der Waals surface area contributed by atoms with Crippen LogP contribution in [0.4, 0.5) is 5.69 Å². The van der Waals surface area contributed by atoms with Crippen molar-refractivity contribution < 1.29 is 17.9 Å². The van der Waals surface area contributed by atoms with E-state index < -0.39 is 16.1 Å². The molecule has 1 heterocycles. The van der Waals surface area contributed by atoms with Crippen molar-refractivity contribution in [3.8, 4) is 5.75 Å². The smallest absolute Gasteiger partial charge is 0.246 e. The summed E-state index contributed by atoms with van der Waals surface area (Å²) in [7, 11) is 0.720. The van der Waals surface area contributed by atoms with E-state index in [1.807, 2.05) is 4.90 Å². The van der Waals surface area contributed by atoms with Crippen molar-refractivity contribution in [1.82, 2.24) is 9.21 Å². The van der Waals surface area contributed by atoms with Gasteiger partial charge in [-0.3, -0.25) is 4.79 Å². The van der Waals surface area contributed by atoms with Crippen LogP contribution in [0.3, 0.4) is 0 Å². The number of nitrogens with one attached hydrogen (secondary N) is 1. The Bertz CT molecular complexity index is 697. The number of anilines is 1. The standard InChI is InChI=1S/C16H25N3O4S/c1-12(16(20)19-9-5-6-10-19)17-13-7-8-14(23-4)15(11-13)24(21,22)18(2)3/h7-8,11-12,17H,5-6,9-10H2,1-4H3/t12-/m1/s1. The van der Waals surface area contributed by atoms with Gasteiger partial charge in [-0.1, -0.05) is 0 Å². The van der Waals surface area contributed by atoms with Gasteiger partial charge in [-0.15, -0.1) is 0 Å². The van der Waals surface area contributed by atoms with Gasteiger partial charge in [0.2, 0.25) is 15.9 Å². The number of hydrogen-bond acceptors (Lipinski definition) is 5. The first-order valence-electron chi connectivity index (χ1n) is 7.93. The van der Waals surface area contributed by atoms with Crippen molar-refractivity contribution in [3.63, 3.8) is 0 Å². The third kappa shape index (κ3) is 3.81. The molecule has 1 aliphatic rings. The molecule has 0 bridgehead atoms. The minimum absolute atomic E-state index is 0.0281. The van der Waals surface area contributed by atoms with Crippen LogP contribution < -0.4 is 10.1 Å². The number of sulfonamides is 1. The molecule has 0 aliphatic carbocycles. The number of benzene rings is 1. The van der Waals surface area contributed by atoms with Gasteiger partial charge in [-0.25, -0.2) is 12.7 Å². The van der Waals surface area contributed by atoms with E-state index in [2.05, 4.69) is 5.32 Å². The highest BCUT2D eigenvalue weighted by molar-refractivity contribution is 7.89. The molecule has 1 aliphatic heterocycles. The molecule has 1 N–H and O–H groups in total. The fraction of sp³-hybridized carbons (Fsp3) is 0.562. The summed E-state index contributed by atoms with van der Waals surface area (Å²) in [6.07, 6.45) is 2.07. The van der Waals surface area contributed by atoms with Crippen LogP contribution in [0.2, 0.25) is 0 Å². The van der Waals surface area contributed by atoms with E-state index in [0.29, 0.717) is 5.69 Å². The summed E-state index contributed by atoms with van der Waals surface area (Å²) in [5.41, 5.74) is 0.566. The average molecular weight is 355 g/mol. The minimum Gasteiger partial charge on any atom is -0.495 e. The van der Waals surface area contributed by atoms with Gasteiger partial charge >= 0.3 is 0 Å². The summed E-state index contributed by atoms with van der Waals surface area (Å²) < 4.78 is 31.2. The second kappa shape index (κ2) is 7.40. The van der Waals surface area contributed by atoms with Crippen molar-refractivity contribution in [2.24, 2.45) is 0 Å². The number of carbonyl (C=O) groups excluding carboxylic acids is 1. The molecule has 8 heteroatoms. The first-order chi connectivity index (χ1) is 11.3. The van der Waals surface area contributed by atoms with Gasteiger partial charge in [-0.05, 0) is 38.0 Å². The zero-order valence-corrected chi connectivity index (χ0v) is 15.4. The number of likely N-dealkylation sites (tertiary alicyclic amines) is 1. The maximum Gasteiger partial charge on any atom is 0.246 e. The largest absolute Gasteiger partial charge is 0.495 e. The van der Waals surface area contributed by atoms with Gasteiger partial charge in [0, 0.05) is 32.9 Å². The van der Waals surface area contributed by atoms with Crippen LogP contribution in [-0.2, 0) is 14.8 Å². The summed E-state index contributed by atoms with van der Waals surface area (Å²) in [6, 6.07) is 4.38. The fourth-order valence-electron chi connectivity index (χ4n) is 2.69. The molecule has 0 aromatic heterocycles. The van der Waals surface area contributed by atoms with Crippen molar-refractivity contribution in [2.45, 2.75) is 30.7 Å². The molecule has 0 spiro atoms. The molecule has 1 fully saturated rings. The number of methoxy groups -OCH3 is 1.